The van der Waals surface area contributed by atoms with Crippen LogP contribution in [0, 0.1) is 0 Å². The summed E-state index contributed by atoms with van der Waals surface area (Å²) in [5.74, 6) is 1.07. The van der Waals surface area contributed by atoms with Crippen LogP contribution < -0.4 is 5.32 Å². The average molecular weight is 266 g/mol. The van der Waals surface area contributed by atoms with E-state index in [2.05, 4.69) is 30.2 Å². The molecule has 3 nitrogen and oxygen atoms in total. The van der Waals surface area contributed by atoms with Crippen molar-refractivity contribution in [3.8, 4) is 0 Å². The topological polar surface area (TPSA) is 45.1 Å². The third-order valence-corrected chi connectivity index (χ3v) is 5.12. The number of thioether (sulfide) groups is 1. The van der Waals surface area contributed by atoms with E-state index < -0.39 is 5.60 Å². The van der Waals surface area contributed by atoms with Crippen LogP contribution >= 0.6 is 11.8 Å². The molecule has 4 heteroatoms. The summed E-state index contributed by atoms with van der Waals surface area (Å²) < 4.78 is 0. The summed E-state index contributed by atoms with van der Waals surface area (Å²) in [7, 11) is 0. The average Bonchev–Trinajstić information content (AvgIpc) is 2.41. The molecule has 3 atom stereocenters. The van der Waals surface area contributed by atoms with Crippen LogP contribution in [0.4, 0.5) is 0 Å². The lowest BCUT2D eigenvalue weighted by Crippen LogP contribution is -2.56. The molecule has 3 unspecified atom stereocenters. The number of nitrogens with one attached hydrogen (secondary N) is 1. The third kappa shape index (κ3) is 3.05. The molecule has 0 saturated heterocycles. The Hall–Kier alpha value is -0.580. The molecule has 0 aliphatic heterocycles. The van der Waals surface area contributed by atoms with Gasteiger partial charge in [0.2, 0.25) is 0 Å². The van der Waals surface area contributed by atoms with Crippen molar-refractivity contribution in [3.05, 3.63) is 30.1 Å². The molecule has 1 heterocycles. The van der Waals surface area contributed by atoms with Gasteiger partial charge in [0, 0.05) is 30.2 Å². The van der Waals surface area contributed by atoms with Crippen molar-refractivity contribution in [2.45, 2.75) is 43.6 Å². The van der Waals surface area contributed by atoms with E-state index in [0.29, 0.717) is 11.8 Å². The molecule has 1 aromatic heterocycles. The number of hydrogen-bond acceptors (Lipinski definition) is 4. The van der Waals surface area contributed by atoms with Gasteiger partial charge in [-0.25, -0.2) is 0 Å². The fourth-order valence-electron chi connectivity index (χ4n) is 2.32. The van der Waals surface area contributed by atoms with Crippen LogP contribution in [0.2, 0.25) is 0 Å². The minimum Gasteiger partial charge on any atom is -0.387 e. The van der Waals surface area contributed by atoms with Gasteiger partial charge in [0.15, 0.2) is 0 Å². The number of nitrogens with zero attached hydrogens (tertiary/aromatic N) is 1. The van der Waals surface area contributed by atoms with Crippen molar-refractivity contribution in [3.63, 3.8) is 0 Å². The van der Waals surface area contributed by atoms with Gasteiger partial charge in [-0.3, -0.25) is 4.98 Å². The van der Waals surface area contributed by atoms with Gasteiger partial charge in [0.05, 0.1) is 5.60 Å². The van der Waals surface area contributed by atoms with Crippen LogP contribution in [0.3, 0.4) is 0 Å². The lowest BCUT2D eigenvalue weighted by atomic mass is 9.79. The summed E-state index contributed by atoms with van der Waals surface area (Å²) in [5, 5.41) is 14.3. The highest BCUT2D eigenvalue weighted by Gasteiger charge is 2.44. The van der Waals surface area contributed by atoms with Gasteiger partial charge in [0.25, 0.3) is 0 Å². The van der Waals surface area contributed by atoms with E-state index >= 15 is 0 Å². The zero-order chi connectivity index (χ0) is 13.0. The van der Waals surface area contributed by atoms with Gasteiger partial charge in [0.1, 0.15) is 0 Å². The van der Waals surface area contributed by atoms with E-state index in [1.807, 2.05) is 24.0 Å². The third-order valence-electron chi connectivity index (χ3n) is 3.71. The molecule has 0 aromatic carbocycles. The summed E-state index contributed by atoms with van der Waals surface area (Å²) in [6.07, 6.45) is 5.71. The smallest absolute Gasteiger partial charge is 0.0890 e. The van der Waals surface area contributed by atoms with Gasteiger partial charge in [-0.1, -0.05) is 13.0 Å². The Bertz CT molecular complexity index is 373. The summed E-state index contributed by atoms with van der Waals surface area (Å²) >= 11 is 1.87. The number of hydrogen-bond donors (Lipinski definition) is 2. The lowest BCUT2D eigenvalue weighted by molar-refractivity contribution is -0.0249. The first-order chi connectivity index (χ1) is 8.65. The van der Waals surface area contributed by atoms with Crippen molar-refractivity contribution in [2.75, 3.05) is 12.3 Å². The van der Waals surface area contributed by atoms with Crippen LogP contribution in [-0.2, 0) is 0 Å². The van der Waals surface area contributed by atoms with E-state index in [9.17, 15) is 5.11 Å². The van der Waals surface area contributed by atoms with E-state index in [1.54, 1.807) is 6.20 Å². The molecule has 0 amide bonds. The first-order valence-electron chi connectivity index (χ1n) is 6.63. The molecule has 100 valence electrons. The van der Waals surface area contributed by atoms with Crippen LogP contribution in [0.25, 0.3) is 0 Å². The maximum atomic E-state index is 10.5. The summed E-state index contributed by atoms with van der Waals surface area (Å²) in [5.41, 5.74) is 0.650. The highest BCUT2D eigenvalue weighted by atomic mass is 32.2. The molecular formula is C14H22N2OS. The Morgan fingerprint density at radius 3 is 3.06 bits per heavy atom. The summed E-state index contributed by atoms with van der Waals surface area (Å²) in [4.78, 5) is 4.12. The molecule has 1 saturated carbocycles. The van der Waals surface area contributed by atoms with Crippen LogP contribution in [0.5, 0.6) is 0 Å². The number of aromatic nitrogens is 1. The van der Waals surface area contributed by atoms with Crippen molar-refractivity contribution < 1.29 is 5.11 Å². The Morgan fingerprint density at radius 1 is 1.67 bits per heavy atom. The van der Waals surface area contributed by atoms with Crippen molar-refractivity contribution in [1.82, 2.24) is 10.3 Å². The molecule has 2 N–H and O–H groups in total. The number of aliphatic hydroxyl groups is 1. The largest absolute Gasteiger partial charge is 0.387 e. The molecule has 18 heavy (non-hydrogen) atoms. The highest BCUT2D eigenvalue weighted by molar-refractivity contribution is 8.00. The standard InChI is InChI=1S/C14H22N2OS/c1-3-18-13-6-7-14(13,17)10-16-11(2)12-5-4-8-15-9-12/h4-5,8-9,11,13,16-17H,3,6-7,10H2,1-2H3. The number of rotatable bonds is 6. The van der Waals surface area contributed by atoms with E-state index in [1.165, 1.54) is 5.56 Å². The predicted molar refractivity (Wildman–Crippen MR) is 76.8 cm³/mol. The minimum absolute atomic E-state index is 0.232. The monoisotopic (exact) mass is 266 g/mol. The fraction of sp³-hybridized carbons (Fsp3) is 0.643. The van der Waals surface area contributed by atoms with Gasteiger partial charge in [-0.05, 0) is 37.1 Å². The Balaban J connectivity index is 1.84. The molecule has 0 spiro atoms. The van der Waals surface area contributed by atoms with Crippen molar-refractivity contribution >= 4 is 11.8 Å². The highest BCUT2D eigenvalue weighted by Crippen LogP contribution is 2.40. The van der Waals surface area contributed by atoms with Gasteiger partial charge in [-0.2, -0.15) is 11.8 Å². The molecule has 0 bridgehead atoms. The van der Waals surface area contributed by atoms with E-state index in [-0.39, 0.29) is 6.04 Å². The molecule has 2 rings (SSSR count). The Labute approximate surface area is 113 Å². The maximum absolute atomic E-state index is 10.5. The second-order valence-corrected chi connectivity index (χ2v) is 6.45. The predicted octanol–water partition coefficient (Wildman–Crippen LogP) is 2.38. The maximum Gasteiger partial charge on any atom is 0.0890 e. The lowest BCUT2D eigenvalue weighted by Gasteiger charge is -2.45. The van der Waals surface area contributed by atoms with Crippen LogP contribution in [0.15, 0.2) is 24.5 Å². The second kappa shape index (κ2) is 6.04. The van der Waals surface area contributed by atoms with Gasteiger partial charge in [-0.15, -0.1) is 0 Å². The molecule has 0 radical (unpaired) electrons. The Morgan fingerprint density at radius 2 is 2.50 bits per heavy atom. The Kier molecular flexibility index (Phi) is 4.65. The van der Waals surface area contributed by atoms with Crippen molar-refractivity contribution in [1.29, 1.82) is 0 Å². The van der Waals surface area contributed by atoms with Crippen LogP contribution in [0.1, 0.15) is 38.3 Å². The quantitative estimate of drug-likeness (QED) is 0.830. The zero-order valence-electron chi connectivity index (χ0n) is 11.1. The van der Waals surface area contributed by atoms with E-state index in [0.717, 1.165) is 18.6 Å². The fourth-order valence-corrected chi connectivity index (χ4v) is 3.52. The van der Waals surface area contributed by atoms with Crippen LogP contribution in [-0.4, -0.2) is 33.2 Å². The zero-order valence-corrected chi connectivity index (χ0v) is 11.9. The van der Waals surface area contributed by atoms with Crippen molar-refractivity contribution in [2.24, 2.45) is 0 Å². The second-order valence-electron chi connectivity index (χ2n) is 4.98. The SMILES string of the molecule is CCSC1CCC1(O)CNC(C)c1cccnc1. The number of pyridine rings is 1. The van der Waals surface area contributed by atoms with Gasteiger partial charge >= 0.3 is 0 Å². The first-order valence-corrected chi connectivity index (χ1v) is 7.68. The molecule has 1 aliphatic carbocycles. The first kappa shape index (κ1) is 13.8. The van der Waals surface area contributed by atoms with E-state index in [4.69, 9.17) is 0 Å². The normalized spacial score (nSPS) is 28.7. The van der Waals surface area contributed by atoms with Gasteiger partial charge < -0.3 is 10.4 Å². The molecule has 1 aromatic rings. The summed E-state index contributed by atoms with van der Waals surface area (Å²) in [6, 6.07) is 4.24. The molecule has 1 fully saturated rings. The summed E-state index contributed by atoms with van der Waals surface area (Å²) in [6.45, 7) is 4.93. The molecular weight excluding hydrogens is 244 g/mol. The minimum atomic E-state index is -0.517. The molecule has 1 aliphatic rings.